The van der Waals surface area contributed by atoms with Crippen LogP contribution in [0.2, 0.25) is 0 Å². The topological polar surface area (TPSA) is 55.6 Å². The molecule has 0 aliphatic carbocycles. The minimum absolute atomic E-state index is 0.386. The van der Waals surface area contributed by atoms with Crippen LogP contribution in [-0.2, 0) is 6.54 Å². The molecule has 0 saturated heterocycles. The molecule has 0 fully saturated rings. The molecule has 0 aliphatic heterocycles. The van der Waals surface area contributed by atoms with Gasteiger partial charge in [0.15, 0.2) is 0 Å². The van der Waals surface area contributed by atoms with E-state index in [1.165, 1.54) is 0 Å². The predicted octanol–water partition coefficient (Wildman–Crippen LogP) is 5.81. The minimum atomic E-state index is -0.595. The summed E-state index contributed by atoms with van der Waals surface area (Å²) in [5.74, 6) is 1.40. The van der Waals surface area contributed by atoms with Crippen molar-refractivity contribution in [2.24, 2.45) is 0 Å². The van der Waals surface area contributed by atoms with Crippen LogP contribution in [0.4, 0.5) is 5.69 Å². The Balaban J connectivity index is 1.59. The molecule has 30 heavy (non-hydrogen) atoms. The molecular formula is C23H22Br2N2O3. The summed E-state index contributed by atoms with van der Waals surface area (Å²) in [6.07, 6.45) is -0.595. The number of ether oxygens (including phenoxy) is 2. The fourth-order valence-corrected chi connectivity index (χ4v) is 4.41. The number of aliphatic hydroxyl groups excluding tert-OH is 1. The van der Waals surface area contributed by atoms with E-state index in [1.54, 1.807) is 14.2 Å². The third-order valence-electron chi connectivity index (χ3n) is 5.12. The van der Waals surface area contributed by atoms with Crippen molar-refractivity contribution in [3.05, 3.63) is 63.5 Å². The Morgan fingerprint density at radius 2 is 1.53 bits per heavy atom. The average molecular weight is 534 g/mol. The van der Waals surface area contributed by atoms with Crippen molar-refractivity contribution in [3.63, 3.8) is 0 Å². The SMILES string of the molecule is COc1ccc(NCC(O)Cn2c3ccc(Br)cc3c3cc(Br)ccc32)c(OC)c1. The number of hydrogen-bond donors (Lipinski definition) is 2. The number of anilines is 1. The first-order valence-corrected chi connectivity index (χ1v) is 11.1. The number of fused-ring (bicyclic) bond motifs is 3. The normalized spacial score (nSPS) is 12.3. The van der Waals surface area contributed by atoms with E-state index in [-0.39, 0.29) is 0 Å². The molecule has 4 aromatic rings. The van der Waals surface area contributed by atoms with Gasteiger partial charge in [-0.2, -0.15) is 0 Å². The predicted molar refractivity (Wildman–Crippen MR) is 129 cm³/mol. The van der Waals surface area contributed by atoms with Gasteiger partial charge < -0.3 is 24.5 Å². The zero-order valence-electron chi connectivity index (χ0n) is 16.7. The monoisotopic (exact) mass is 532 g/mol. The zero-order valence-corrected chi connectivity index (χ0v) is 19.8. The highest BCUT2D eigenvalue weighted by Gasteiger charge is 2.15. The Kier molecular flexibility index (Phi) is 6.22. The molecule has 1 unspecified atom stereocenters. The lowest BCUT2D eigenvalue weighted by Gasteiger charge is -2.17. The zero-order chi connectivity index (χ0) is 21.3. The fourth-order valence-electron chi connectivity index (χ4n) is 3.69. The molecule has 0 amide bonds. The Hall–Kier alpha value is -2.22. The first-order chi connectivity index (χ1) is 14.5. The van der Waals surface area contributed by atoms with Crippen molar-refractivity contribution in [1.82, 2.24) is 4.57 Å². The van der Waals surface area contributed by atoms with Crippen LogP contribution >= 0.6 is 31.9 Å². The molecule has 1 heterocycles. The van der Waals surface area contributed by atoms with Crippen molar-refractivity contribution in [3.8, 4) is 11.5 Å². The van der Waals surface area contributed by atoms with Crippen LogP contribution in [-0.4, -0.2) is 36.5 Å². The lowest BCUT2D eigenvalue weighted by Crippen LogP contribution is -2.25. The van der Waals surface area contributed by atoms with E-state index >= 15 is 0 Å². The van der Waals surface area contributed by atoms with E-state index in [0.29, 0.717) is 18.8 Å². The van der Waals surface area contributed by atoms with E-state index in [4.69, 9.17) is 9.47 Å². The Morgan fingerprint density at radius 3 is 2.10 bits per heavy atom. The smallest absolute Gasteiger partial charge is 0.145 e. The number of halogens is 2. The second-order valence-corrected chi connectivity index (χ2v) is 8.87. The van der Waals surface area contributed by atoms with Crippen molar-refractivity contribution in [2.45, 2.75) is 12.6 Å². The molecule has 4 rings (SSSR count). The number of nitrogens with one attached hydrogen (secondary N) is 1. The molecule has 0 saturated carbocycles. The number of aromatic nitrogens is 1. The quantitative estimate of drug-likeness (QED) is 0.315. The van der Waals surface area contributed by atoms with Crippen LogP contribution in [0, 0.1) is 0 Å². The van der Waals surface area contributed by atoms with Crippen LogP contribution < -0.4 is 14.8 Å². The van der Waals surface area contributed by atoms with Crippen LogP contribution in [0.1, 0.15) is 0 Å². The van der Waals surface area contributed by atoms with Gasteiger partial charge in [0.05, 0.1) is 32.6 Å². The van der Waals surface area contributed by atoms with Gasteiger partial charge in [-0.25, -0.2) is 0 Å². The van der Waals surface area contributed by atoms with Crippen molar-refractivity contribution >= 4 is 59.4 Å². The lowest BCUT2D eigenvalue weighted by molar-refractivity contribution is 0.169. The van der Waals surface area contributed by atoms with Gasteiger partial charge in [0.2, 0.25) is 0 Å². The molecule has 2 N–H and O–H groups in total. The summed E-state index contributed by atoms with van der Waals surface area (Å²) >= 11 is 7.14. The highest BCUT2D eigenvalue weighted by Crippen LogP contribution is 2.33. The number of methoxy groups -OCH3 is 2. The van der Waals surface area contributed by atoms with Crippen LogP contribution in [0.3, 0.4) is 0 Å². The summed E-state index contributed by atoms with van der Waals surface area (Å²) in [6.45, 7) is 0.853. The van der Waals surface area contributed by atoms with Gasteiger partial charge in [-0.1, -0.05) is 31.9 Å². The summed E-state index contributed by atoms with van der Waals surface area (Å²) in [6, 6.07) is 18.0. The highest BCUT2D eigenvalue weighted by molar-refractivity contribution is 9.10. The van der Waals surface area contributed by atoms with E-state index < -0.39 is 6.10 Å². The fraction of sp³-hybridized carbons (Fsp3) is 0.217. The van der Waals surface area contributed by atoms with E-state index in [2.05, 4.69) is 66.0 Å². The minimum Gasteiger partial charge on any atom is -0.497 e. The largest absolute Gasteiger partial charge is 0.497 e. The second kappa shape index (κ2) is 8.88. The third kappa shape index (κ3) is 4.15. The van der Waals surface area contributed by atoms with Gasteiger partial charge in [0, 0.05) is 43.4 Å². The summed E-state index contributed by atoms with van der Waals surface area (Å²) in [5.41, 5.74) is 2.99. The first-order valence-electron chi connectivity index (χ1n) is 9.51. The van der Waals surface area contributed by atoms with Crippen molar-refractivity contribution < 1.29 is 14.6 Å². The van der Waals surface area contributed by atoms with Gasteiger partial charge in [0.1, 0.15) is 11.5 Å². The summed E-state index contributed by atoms with van der Waals surface area (Å²) in [7, 11) is 3.24. The van der Waals surface area contributed by atoms with Gasteiger partial charge >= 0.3 is 0 Å². The van der Waals surface area contributed by atoms with E-state index in [0.717, 1.165) is 42.2 Å². The Labute approximate surface area is 191 Å². The highest BCUT2D eigenvalue weighted by atomic mass is 79.9. The maximum absolute atomic E-state index is 10.8. The molecule has 3 aromatic carbocycles. The lowest BCUT2D eigenvalue weighted by atomic mass is 10.2. The van der Waals surface area contributed by atoms with E-state index in [1.807, 2.05) is 30.3 Å². The summed E-state index contributed by atoms with van der Waals surface area (Å²) < 4.78 is 14.9. The summed E-state index contributed by atoms with van der Waals surface area (Å²) in [5, 5.41) is 16.4. The number of nitrogens with zero attached hydrogens (tertiary/aromatic N) is 1. The van der Waals surface area contributed by atoms with Crippen molar-refractivity contribution in [2.75, 3.05) is 26.1 Å². The molecular weight excluding hydrogens is 512 g/mol. The number of benzene rings is 3. The van der Waals surface area contributed by atoms with Crippen LogP contribution in [0.15, 0.2) is 63.5 Å². The third-order valence-corrected chi connectivity index (χ3v) is 6.11. The molecule has 0 spiro atoms. The second-order valence-electron chi connectivity index (χ2n) is 7.03. The van der Waals surface area contributed by atoms with Gasteiger partial charge in [0.25, 0.3) is 0 Å². The standard InChI is InChI=1S/C23H22Br2N2O3/c1-29-17-5-6-20(23(11-17)30-2)26-12-16(28)13-27-21-7-3-14(24)9-18(21)19-10-15(25)4-8-22(19)27/h3-11,16,26,28H,12-13H2,1-2H3. The average Bonchev–Trinajstić information content (AvgIpc) is 3.04. The number of rotatable bonds is 7. The Bertz CT molecular complexity index is 1150. The molecule has 0 bridgehead atoms. The summed E-state index contributed by atoms with van der Waals surface area (Å²) in [4.78, 5) is 0. The molecule has 0 radical (unpaired) electrons. The number of aliphatic hydroxyl groups is 1. The molecule has 1 aromatic heterocycles. The van der Waals surface area contributed by atoms with Crippen LogP contribution in [0.5, 0.6) is 11.5 Å². The molecule has 0 aliphatic rings. The van der Waals surface area contributed by atoms with Crippen molar-refractivity contribution in [1.29, 1.82) is 0 Å². The maximum atomic E-state index is 10.8. The molecule has 1 atom stereocenters. The van der Waals surface area contributed by atoms with Gasteiger partial charge in [-0.05, 0) is 48.5 Å². The molecule has 7 heteroatoms. The number of hydrogen-bond acceptors (Lipinski definition) is 4. The van der Waals surface area contributed by atoms with Gasteiger partial charge in [-0.15, -0.1) is 0 Å². The van der Waals surface area contributed by atoms with Crippen LogP contribution in [0.25, 0.3) is 21.8 Å². The molecule has 156 valence electrons. The Morgan fingerprint density at radius 1 is 0.900 bits per heavy atom. The maximum Gasteiger partial charge on any atom is 0.145 e. The molecule has 5 nitrogen and oxygen atoms in total. The van der Waals surface area contributed by atoms with E-state index in [9.17, 15) is 5.11 Å². The van der Waals surface area contributed by atoms with Gasteiger partial charge in [-0.3, -0.25) is 0 Å². The first kappa shape index (κ1) is 21.0.